The van der Waals surface area contributed by atoms with Gasteiger partial charge in [0.05, 0.1) is 11.4 Å². The third-order valence-corrected chi connectivity index (χ3v) is 6.58. The van der Waals surface area contributed by atoms with Gasteiger partial charge in [-0.2, -0.15) is 0 Å². The average molecular weight is 407 g/mol. The van der Waals surface area contributed by atoms with Crippen LogP contribution < -0.4 is 10.2 Å². The van der Waals surface area contributed by atoms with E-state index in [9.17, 15) is 4.79 Å². The number of urea groups is 1. The highest BCUT2D eigenvalue weighted by Gasteiger charge is 2.25. The van der Waals surface area contributed by atoms with E-state index in [1.807, 2.05) is 17.0 Å². The van der Waals surface area contributed by atoms with Crippen LogP contribution in [0.5, 0.6) is 0 Å². The maximum Gasteiger partial charge on any atom is 0.321 e. The zero-order valence-corrected chi connectivity index (χ0v) is 18.3. The molecular formula is C25H34N4O. The minimum atomic E-state index is 0.0229. The van der Waals surface area contributed by atoms with Crippen LogP contribution in [0.25, 0.3) is 0 Å². The van der Waals surface area contributed by atoms with Crippen molar-refractivity contribution in [2.45, 2.75) is 38.6 Å². The van der Waals surface area contributed by atoms with Gasteiger partial charge >= 0.3 is 6.03 Å². The maximum absolute atomic E-state index is 13.0. The second-order valence-electron chi connectivity index (χ2n) is 8.74. The Morgan fingerprint density at radius 1 is 0.867 bits per heavy atom. The molecule has 4 rings (SSSR count). The molecule has 2 aromatic carbocycles. The number of anilines is 2. The molecule has 2 fully saturated rings. The predicted molar refractivity (Wildman–Crippen MR) is 124 cm³/mol. The summed E-state index contributed by atoms with van der Waals surface area (Å²) >= 11 is 0. The van der Waals surface area contributed by atoms with E-state index in [0.29, 0.717) is 12.0 Å². The Labute approximate surface area is 180 Å². The van der Waals surface area contributed by atoms with Crippen LogP contribution in [0, 0.1) is 0 Å². The molecular weight excluding hydrogens is 372 g/mol. The number of hydrogen-bond acceptors (Lipinski definition) is 3. The molecule has 0 unspecified atom stereocenters. The lowest BCUT2D eigenvalue weighted by molar-refractivity contribution is 0.194. The molecule has 2 aliphatic heterocycles. The molecule has 5 nitrogen and oxygen atoms in total. The number of piperazine rings is 1. The number of amides is 2. The molecule has 2 heterocycles. The van der Waals surface area contributed by atoms with Gasteiger partial charge in [-0.15, -0.1) is 0 Å². The van der Waals surface area contributed by atoms with Crippen LogP contribution in [0.2, 0.25) is 0 Å². The zero-order chi connectivity index (χ0) is 20.9. The predicted octanol–water partition coefficient (Wildman–Crippen LogP) is 4.63. The Hall–Kier alpha value is -2.53. The number of likely N-dealkylation sites (tertiary alicyclic amines) is 1. The van der Waals surface area contributed by atoms with Crippen molar-refractivity contribution in [1.82, 2.24) is 9.80 Å². The minimum absolute atomic E-state index is 0.0229. The van der Waals surface area contributed by atoms with Crippen LogP contribution in [-0.2, 0) is 0 Å². The summed E-state index contributed by atoms with van der Waals surface area (Å²) in [5.74, 6) is 0.555. The van der Waals surface area contributed by atoms with Crippen LogP contribution in [0.4, 0.5) is 16.2 Å². The molecule has 0 saturated carbocycles. The summed E-state index contributed by atoms with van der Waals surface area (Å²) in [5.41, 5.74) is 3.45. The van der Waals surface area contributed by atoms with E-state index in [1.54, 1.807) is 0 Å². The molecule has 2 amide bonds. The molecule has 2 saturated heterocycles. The Morgan fingerprint density at radius 2 is 1.50 bits per heavy atom. The van der Waals surface area contributed by atoms with E-state index in [4.69, 9.17) is 0 Å². The summed E-state index contributed by atoms with van der Waals surface area (Å²) in [6, 6.07) is 19.5. The fraction of sp³-hybridized carbons (Fsp3) is 0.480. The first-order valence-corrected chi connectivity index (χ1v) is 11.3. The Morgan fingerprint density at radius 3 is 2.17 bits per heavy atom. The van der Waals surface area contributed by atoms with E-state index in [1.165, 1.54) is 5.56 Å². The highest BCUT2D eigenvalue weighted by Crippen LogP contribution is 2.30. The molecule has 0 atom stereocenters. The van der Waals surface area contributed by atoms with Gasteiger partial charge in [0.1, 0.15) is 0 Å². The van der Waals surface area contributed by atoms with Crippen molar-refractivity contribution in [1.29, 1.82) is 0 Å². The summed E-state index contributed by atoms with van der Waals surface area (Å²) in [6.45, 7) is 10.2. The first-order chi connectivity index (χ1) is 14.6. The molecule has 2 aliphatic rings. The summed E-state index contributed by atoms with van der Waals surface area (Å²) in [6.07, 6.45) is 2.05. The third kappa shape index (κ3) is 4.78. The summed E-state index contributed by atoms with van der Waals surface area (Å²) in [4.78, 5) is 19.8. The lowest BCUT2D eigenvalue weighted by atomic mass is 9.90. The van der Waals surface area contributed by atoms with Gasteiger partial charge in [0, 0.05) is 45.3 Å². The Balaban J connectivity index is 1.35. The number of benzene rings is 2. The maximum atomic E-state index is 13.0. The van der Waals surface area contributed by atoms with Crippen molar-refractivity contribution in [2.24, 2.45) is 0 Å². The van der Waals surface area contributed by atoms with Gasteiger partial charge in [-0.1, -0.05) is 42.5 Å². The van der Waals surface area contributed by atoms with Crippen molar-refractivity contribution in [3.05, 3.63) is 60.2 Å². The molecule has 0 aromatic heterocycles. The van der Waals surface area contributed by atoms with Gasteiger partial charge in [0.15, 0.2) is 0 Å². The van der Waals surface area contributed by atoms with Crippen molar-refractivity contribution in [3.63, 3.8) is 0 Å². The minimum Gasteiger partial charge on any atom is -0.367 e. The molecule has 160 valence electrons. The highest BCUT2D eigenvalue weighted by atomic mass is 16.2. The zero-order valence-electron chi connectivity index (χ0n) is 18.3. The lowest BCUT2D eigenvalue weighted by Gasteiger charge is -2.39. The van der Waals surface area contributed by atoms with Gasteiger partial charge < -0.3 is 15.1 Å². The second-order valence-corrected chi connectivity index (χ2v) is 8.74. The second kappa shape index (κ2) is 9.52. The molecule has 0 bridgehead atoms. The van der Waals surface area contributed by atoms with Gasteiger partial charge in [0.25, 0.3) is 0 Å². The largest absolute Gasteiger partial charge is 0.367 e. The van der Waals surface area contributed by atoms with Gasteiger partial charge in [-0.3, -0.25) is 4.90 Å². The van der Waals surface area contributed by atoms with E-state index >= 15 is 0 Å². The van der Waals surface area contributed by atoms with Crippen LogP contribution in [0.1, 0.15) is 38.2 Å². The number of carbonyl (C=O) groups excluding carboxylic acids is 1. The van der Waals surface area contributed by atoms with Crippen LogP contribution in [-0.4, -0.2) is 61.1 Å². The Bertz CT molecular complexity index is 822. The molecule has 0 spiro atoms. The average Bonchev–Trinajstić information content (AvgIpc) is 2.80. The topological polar surface area (TPSA) is 38.8 Å². The normalized spacial score (nSPS) is 18.6. The first kappa shape index (κ1) is 20.7. The SMILES string of the molecule is CC(C)N1CCN(c2ccccc2NC(=O)N2CCC(c3ccccc3)CC2)CC1. The third-order valence-electron chi connectivity index (χ3n) is 6.58. The number of carbonyl (C=O) groups is 1. The lowest BCUT2D eigenvalue weighted by Crippen LogP contribution is -2.49. The van der Waals surface area contributed by atoms with Crippen molar-refractivity contribution in [3.8, 4) is 0 Å². The number of nitrogens with zero attached hydrogens (tertiary/aromatic N) is 3. The van der Waals surface area contributed by atoms with Crippen LogP contribution in [0.15, 0.2) is 54.6 Å². The van der Waals surface area contributed by atoms with E-state index in [0.717, 1.165) is 63.5 Å². The van der Waals surface area contributed by atoms with Gasteiger partial charge in [-0.25, -0.2) is 4.79 Å². The number of para-hydroxylation sites is 2. The summed E-state index contributed by atoms with van der Waals surface area (Å²) < 4.78 is 0. The van der Waals surface area contributed by atoms with Crippen molar-refractivity contribution >= 4 is 17.4 Å². The van der Waals surface area contributed by atoms with Gasteiger partial charge in [0.2, 0.25) is 0 Å². The number of piperidine rings is 1. The summed E-state index contributed by atoms with van der Waals surface area (Å²) in [7, 11) is 0. The smallest absolute Gasteiger partial charge is 0.321 e. The molecule has 2 aromatic rings. The quantitative estimate of drug-likeness (QED) is 0.805. The highest BCUT2D eigenvalue weighted by molar-refractivity contribution is 5.93. The molecule has 0 radical (unpaired) electrons. The standard InChI is InChI=1S/C25H34N4O/c1-20(2)27-16-18-28(19-17-27)24-11-7-6-10-23(24)26-25(30)29-14-12-22(13-15-29)21-8-4-3-5-9-21/h3-11,20,22H,12-19H2,1-2H3,(H,26,30). The van der Waals surface area contributed by atoms with Crippen molar-refractivity contribution < 1.29 is 4.79 Å². The van der Waals surface area contributed by atoms with Crippen LogP contribution in [0.3, 0.4) is 0 Å². The van der Waals surface area contributed by atoms with E-state index in [-0.39, 0.29) is 6.03 Å². The fourth-order valence-corrected chi connectivity index (χ4v) is 4.67. The monoisotopic (exact) mass is 406 g/mol. The molecule has 5 heteroatoms. The number of hydrogen-bond donors (Lipinski definition) is 1. The summed E-state index contributed by atoms with van der Waals surface area (Å²) in [5, 5.41) is 3.20. The first-order valence-electron chi connectivity index (χ1n) is 11.3. The molecule has 0 aliphatic carbocycles. The Kier molecular flexibility index (Phi) is 6.58. The van der Waals surface area contributed by atoms with Crippen molar-refractivity contribution in [2.75, 3.05) is 49.5 Å². The molecule has 1 N–H and O–H groups in total. The van der Waals surface area contributed by atoms with Gasteiger partial charge in [-0.05, 0) is 50.3 Å². The number of rotatable bonds is 4. The van der Waals surface area contributed by atoms with E-state index < -0.39 is 0 Å². The van der Waals surface area contributed by atoms with E-state index in [2.05, 4.69) is 71.4 Å². The fourth-order valence-electron chi connectivity index (χ4n) is 4.67. The molecule has 30 heavy (non-hydrogen) atoms. The van der Waals surface area contributed by atoms with Crippen LogP contribution >= 0.6 is 0 Å². The number of nitrogens with one attached hydrogen (secondary N) is 1.